The van der Waals surface area contributed by atoms with E-state index in [-0.39, 0.29) is 18.1 Å². The highest BCUT2D eigenvalue weighted by Crippen LogP contribution is 2.54. The highest BCUT2D eigenvalue weighted by molar-refractivity contribution is 6.31. The van der Waals surface area contributed by atoms with E-state index in [4.69, 9.17) is 34.8 Å². The topological polar surface area (TPSA) is 36.4 Å². The SMILES string of the molecule is O=C(c1ccnc(Cl)c1)N1CC2(CCN(C/C=C/c3ccc(Cl)cc3)CC2(F)F)c2cc(Cl)ccc21. The van der Waals surface area contributed by atoms with Gasteiger partial charge in [0.15, 0.2) is 0 Å². The molecule has 1 saturated heterocycles. The summed E-state index contributed by atoms with van der Waals surface area (Å²) in [5.74, 6) is -3.49. The van der Waals surface area contributed by atoms with Gasteiger partial charge in [0.1, 0.15) is 5.15 Å². The fraction of sp³-hybridized carbons (Fsp3) is 0.259. The molecule has 3 aromatic rings. The van der Waals surface area contributed by atoms with E-state index in [0.29, 0.717) is 39.9 Å². The van der Waals surface area contributed by atoms with Crippen molar-refractivity contribution in [2.24, 2.45) is 0 Å². The van der Waals surface area contributed by atoms with Gasteiger partial charge in [0.05, 0.1) is 12.0 Å². The molecule has 2 aliphatic heterocycles. The third-order valence-corrected chi connectivity index (χ3v) is 7.63. The zero-order chi connectivity index (χ0) is 25.5. The first-order chi connectivity index (χ1) is 17.2. The van der Waals surface area contributed by atoms with Crippen LogP contribution in [-0.2, 0) is 5.41 Å². The standard InChI is InChI=1S/C27H22Cl3F2N3O/c28-20-5-3-18(4-6-20)2-1-12-34-13-10-26(27(31,32)17-34)16-35(23-8-7-21(29)15-22(23)26)25(36)19-9-11-33-24(30)14-19/h1-9,11,14-15H,10,12-13,16-17H2/b2-1+. The number of piperidine rings is 1. The van der Waals surface area contributed by atoms with Gasteiger partial charge in [-0.1, -0.05) is 59.1 Å². The number of aromatic nitrogens is 1. The van der Waals surface area contributed by atoms with Gasteiger partial charge in [-0.3, -0.25) is 9.69 Å². The molecule has 1 spiro atoms. The Morgan fingerprint density at radius 1 is 1.00 bits per heavy atom. The van der Waals surface area contributed by atoms with Crippen LogP contribution in [0.25, 0.3) is 6.08 Å². The summed E-state index contributed by atoms with van der Waals surface area (Å²) in [6.07, 6.45) is 5.38. The van der Waals surface area contributed by atoms with Crippen molar-refractivity contribution in [3.05, 3.63) is 98.8 Å². The van der Waals surface area contributed by atoms with Crippen molar-refractivity contribution < 1.29 is 13.6 Å². The predicted molar refractivity (Wildman–Crippen MR) is 141 cm³/mol. The van der Waals surface area contributed by atoms with E-state index in [1.807, 2.05) is 24.3 Å². The number of hydrogen-bond donors (Lipinski definition) is 0. The molecule has 1 fully saturated rings. The van der Waals surface area contributed by atoms with Gasteiger partial charge in [0.2, 0.25) is 0 Å². The minimum Gasteiger partial charge on any atom is -0.307 e. The van der Waals surface area contributed by atoms with Gasteiger partial charge in [0, 0.05) is 40.6 Å². The molecule has 4 nitrogen and oxygen atoms in total. The number of benzene rings is 2. The summed E-state index contributed by atoms with van der Waals surface area (Å²) in [7, 11) is 0. The highest BCUT2D eigenvalue weighted by atomic mass is 35.5. The molecule has 186 valence electrons. The first-order valence-electron chi connectivity index (χ1n) is 11.4. The first kappa shape index (κ1) is 25.2. The lowest BCUT2D eigenvalue weighted by Gasteiger charge is -2.45. The molecule has 36 heavy (non-hydrogen) atoms. The molecule has 0 bridgehead atoms. The zero-order valence-corrected chi connectivity index (χ0v) is 21.4. The molecule has 0 radical (unpaired) electrons. The molecule has 1 unspecified atom stereocenters. The van der Waals surface area contributed by atoms with E-state index < -0.39 is 23.8 Å². The molecule has 0 N–H and O–H groups in total. The van der Waals surface area contributed by atoms with Gasteiger partial charge in [0.25, 0.3) is 11.8 Å². The molecule has 1 aromatic heterocycles. The molecule has 2 aliphatic rings. The van der Waals surface area contributed by atoms with Crippen molar-refractivity contribution in [3.8, 4) is 0 Å². The number of anilines is 1. The summed E-state index contributed by atoms with van der Waals surface area (Å²) in [6, 6.07) is 15.1. The number of nitrogens with zero attached hydrogens (tertiary/aromatic N) is 3. The molecule has 2 aromatic carbocycles. The number of fused-ring (bicyclic) bond motifs is 2. The second-order valence-corrected chi connectivity index (χ2v) is 10.4. The van der Waals surface area contributed by atoms with Crippen molar-refractivity contribution >= 4 is 52.5 Å². The van der Waals surface area contributed by atoms with Gasteiger partial charge in [-0.2, -0.15) is 0 Å². The number of pyridine rings is 1. The Morgan fingerprint density at radius 3 is 2.47 bits per heavy atom. The van der Waals surface area contributed by atoms with E-state index in [9.17, 15) is 4.79 Å². The van der Waals surface area contributed by atoms with E-state index in [1.54, 1.807) is 35.2 Å². The molecule has 1 amide bonds. The molecular formula is C27H22Cl3F2N3O. The fourth-order valence-corrected chi connectivity index (χ4v) is 5.55. The van der Waals surface area contributed by atoms with Crippen molar-refractivity contribution in [2.45, 2.75) is 17.8 Å². The largest absolute Gasteiger partial charge is 0.307 e. The predicted octanol–water partition coefficient (Wildman–Crippen LogP) is 6.99. The van der Waals surface area contributed by atoms with Crippen LogP contribution in [-0.4, -0.2) is 47.9 Å². The van der Waals surface area contributed by atoms with Crippen LogP contribution in [0, 0.1) is 0 Å². The summed E-state index contributed by atoms with van der Waals surface area (Å²) in [4.78, 5) is 20.4. The minimum absolute atomic E-state index is 0.136. The quantitative estimate of drug-likeness (QED) is 0.330. The molecule has 3 heterocycles. The molecule has 0 saturated carbocycles. The van der Waals surface area contributed by atoms with Gasteiger partial charge in [-0.05, 0) is 66.6 Å². The van der Waals surface area contributed by atoms with E-state index in [2.05, 4.69) is 4.98 Å². The van der Waals surface area contributed by atoms with Crippen molar-refractivity contribution in [1.82, 2.24) is 9.88 Å². The molecule has 5 rings (SSSR count). The lowest BCUT2D eigenvalue weighted by Crippen LogP contribution is -2.60. The lowest BCUT2D eigenvalue weighted by molar-refractivity contribution is -0.122. The van der Waals surface area contributed by atoms with Crippen molar-refractivity contribution in [1.29, 1.82) is 0 Å². The Morgan fingerprint density at radius 2 is 1.75 bits per heavy atom. The van der Waals surface area contributed by atoms with Gasteiger partial charge < -0.3 is 4.90 Å². The highest BCUT2D eigenvalue weighted by Gasteiger charge is 2.62. The number of alkyl halides is 2. The maximum Gasteiger partial charge on any atom is 0.271 e. The van der Waals surface area contributed by atoms with E-state index >= 15 is 8.78 Å². The van der Waals surface area contributed by atoms with Crippen LogP contribution < -0.4 is 4.90 Å². The van der Waals surface area contributed by atoms with Gasteiger partial charge in [-0.25, -0.2) is 13.8 Å². The maximum atomic E-state index is 16.0. The molecule has 0 aliphatic carbocycles. The lowest BCUT2D eigenvalue weighted by atomic mass is 9.71. The van der Waals surface area contributed by atoms with Crippen LogP contribution in [0.4, 0.5) is 14.5 Å². The molecule has 9 heteroatoms. The summed E-state index contributed by atoms with van der Waals surface area (Å²) in [6.45, 7) is 0.278. The van der Waals surface area contributed by atoms with E-state index in [0.717, 1.165) is 5.56 Å². The zero-order valence-electron chi connectivity index (χ0n) is 19.1. The second kappa shape index (κ2) is 9.75. The average Bonchev–Trinajstić information content (AvgIpc) is 3.17. The average molecular weight is 549 g/mol. The third-order valence-electron chi connectivity index (χ3n) is 6.93. The van der Waals surface area contributed by atoms with Crippen LogP contribution in [0.1, 0.15) is 27.9 Å². The first-order valence-corrected chi connectivity index (χ1v) is 12.6. The Labute approximate surface area is 223 Å². The number of carbonyl (C=O) groups is 1. The molecular weight excluding hydrogens is 527 g/mol. The van der Waals surface area contributed by atoms with Crippen molar-refractivity contribution in [2.75, 3.05) is 31.1 Å². The van der Waals surface area contributed by atoms with Crippen LogP contribution in [0.15, 0.2) is 66.9 Å². The van der Waals surface area contributed by atoms with Gasteiger partial charge >= 0.3 is 0 Å². The maximum absolute atomic E-state index is 16.0. The fourth-order valence-electron chi connectivity index (χ4n) is 5.08. The van der Waals surface area contributed by atoms with Crippen LogP contribution >= 0.6 is 34.8 Å². The Hall–Kier alpha value is -2.51. The molecule has 1 atom stereocenters. The smallest absolute Gasteiger partial charge is 0.271 e. The Bertz CT molecular complexity index is 1330. The van der Waals surface area contributed by atoms with Crippen LogP contribution in [0.3, 0.4) is 0 Å². The van der Waals surface area contributed by atoms with E-state index in [1.165, 1.54) is 23.2 Å². The summed E-state index contributed by atoms with van der Waals surface area (Å²) < 4.78 is 32.1. The number of carbonyl (C=O) groups excluding carboxylic acids is 1. The number of halogens is 5. The number of amides is 1. The van der Waals surface area contributed by atoms with Crippen LogP contribution in [0.2, 0.25) is 15.2 Å². The van der Waals surface area contributed by atoms with Crippen LogP contribution in [0.5, 0.6) is 0 Å². The summed E-state index contributed by atoms with van der Waals surface area (Å²) in [5, 5.41) is 1.17. The Balaban J connectivity index is 1.40. The third kappa shape index (κ3) is 4.63. The minimum atomic E-state index is -3.09. The summed E-state index contributed by atoms with van der Waals surface area (Å²) >= 11 is 18.1. The van der Waals surface area contributed by atoms with Gasteiger partial charge in [-0.15, -0.1) is 0 Å². The summed E-state index contributed by atoms with van der Waals surface area (Å²) in [5.41, 5.74) is 0.569. The Kier molecular flexibility index (Phi) is 6.81. The number of rotatable bonds is 4. The number of hydrogen-bond acceptors (Lipinski definition) is 3. The normalized spacial score (nSPS) is 21.3. The van der Waals surface area contributed by atoms with Crippen molar-refractivity contribution in [3.63, 3.8) is 0 Å². The second-order valence-electron chi connectivity index (χ2n) is 9.15. The number of likely N-dealkylation sites (tertiary alicyclic amines) is 1. The monoisotopic (exact) mass is 547 g/mol.